The summed E-state index contributed by atoms with van der Waals surface area (Å²) in [5, 5.41) is 0. The fraction of sp³-hybridized carbons (Fsp3) is 0.409. The molecule has 2 fully saturated rings. The monoisotopic (exact) mass is 447 g/mol. The summed E-state index contributed by atoms with van der Waals surface area (Å²) in [7, 11) is -3.64. The molecule has 2 aromatic rings. The molecule has 0 bridgehead atoms. The van der Waals surface area contributed by atoms with Crippen molar-refractivity contribution >= 4 is 21.6 Å². The Bertz CT molecular complexity index is 998. The van der Waals surface area contributed by atoms with Crippen molar-refractivity contribution in [1.29, 1.82) is 0 Å². The molecular weight excluding hydrogens is 421 g/mol. The lowest BCUT2D eigenvalue weighted by atomic mass is 10.1. The van der Waals surface area contributed by atoms with E-state index < -0.39 is 10.0 Å². The molecule has 0 saturated carbocycles. The van der Waals surface area contributed by atoms with Crippen LogP contribution in [0.5, 0.6) is 0 Å². The van der Waals surface area contributed by atoms with Crippen LogP contribution in [0, 0.1) is 5.82 Å². The number of piperazine rings is 1. The molecule has 0 aliphatic carbocycles. The van der Waals surface area contributed by atoms with Crippen molar-refractivity contribution in [2.24, 2.45) is 0 Å². The number of nitrogens with one attached hydrogen (secondary N) is 1. The van der Waals surface area contributed by atoms with E-state index in [0.717, 1.165) is 18.5 Å². The minimum absolute atomic E-state index is 0.0794. The van der Waals surface area contributed by atoms with Crippen molar-refractivity contribution in [2.75, 3.05) is 44.2 Å². The molecule has 0 aromatic heterocycles. The first kappa shape index (κ1) is 21.7. The van der Waals surface area contributed by atoms with Gasteiger partial charge in [-0.1, -0.05) is 0 Å². The summed E-state index contributed by atoms with van der Waals surface area (Å²) in [6.07, 6.45) is 1.72. The van der Waals surface area contributed by atoms with E-state index in [0.29, 0.717) is 38.3 Å². The summed E-state index contributed by atoms with van der Waals surface area (Å²) in [4.78, 5) is 16.8. The number of anilines is 1. The van der Waals surface area contributed by atoms with Gasteiger partial charge < -0.3 is 14.5 Å². The highest BCUT2D eigenvalue weighted by molar-refractivity contribution is 7.89. The molecule has 7 nitrogen and oxygen atoms in total. The van der Waals surface area contributed by atoms with Crippen LogP contribution in [0.1, 0.15) is 23.2 Å². The zero-order valence-electron chi connectivity index (χ0n) is 17.2. The van der Waals surface area contributed by atoms with E-state index in [9.17, 15) is 17.6 Å². The van der Waals surface area contributed by atoms with Crippen molar-refractivity contribution in [1.82, 2.24) is 9.62 Å². The minimum Gasteiger partial charge on any atom is -0.377 e. The Morgan fingerprint density at radius 3 is 2.32 bits per heavy atom. The molecule has 31 heavy (non-hydrogen) atoms. The van der Waals surface area contributed by atoms with E-state index in [4.69, 9.17) is 4.74 Å². The van der Waals surface area contributed by atoms with Crippen molar-refractivity contribution in [2.45, 2.75) is 23.8 Å². The Labute approximate surface area is 181 Å². The molecule has 0 radical (unpaired) electrons. The minimum atomic E-state index is -3.64. The first-order chi connectivity index (χ1) is 14.9. The second kappa shape index (κ2) is 9.33. The molecule has 2 saturated heterocycles. The van der Waals surface area contributed by atoms with Gasteiger partial charge in [-0.05, 0) is 61.4 Å². The quantitative estimate of drug-likeness (QED) is 0.735. The first-order valence-electron chi connectivity index (χ1n) is 10.4. The summed E-state index contributed by atoms with van der Waals surface area (Å²) in [5.74, 6) is -0.403. The number of halogens is 1. The Hall–Kier alpha value is -2.49. The van der Waals surface area contributed by atoms with Gasteiger partial charge in [0.05, 0.1) is 11.0 Å². The molecule has 1 amide bonds. The maximum Gasteiger partial charge on any atom is 0.253 e. The van der Waals surface area contributed by atoms with Crippen LogP contribution >= 0.6 is 0 Å². The summed E-state index contributed by atoms with van der Waals surface area (Å²) < 4.78 is 46.1. The van der Waals surface area contributed by atoms with Crippen LogP contribution in [-0.4, -0.2) is 64.7 Å². The number of nitrogens with zero attached hydrogens (tertiary/aromatic N) is 2. The molecule has 9 heteroatoms. The summed E-state index contributed by atoms with van der Waals surface area (Å²) >= 11 is 0. The number of ether oxygens (including phenoxy) is 1. The number of benzene rings is 2. The fourth-order valence-electron chi connectivity index (χ4n) is 3.87. The van der Waals surface area contributed by atoms with Crippen molar-refractivity contribution in [3.05, 3.63) is 59.9 Å². The van der Waals surface area contributed by atoms with Gasteiger partial charge in [0.1, 0.15) is 5.82 Å². The third-order valence-electron chi connectivity index (χ3n) is 5.70. The lowest BCUT2D eigenvalue weighted by Crippen LogP contribution is -2.48. The molecule has 2 heterocycles. The largest absolute Gasteiger partial charge is 0.377 e. The van der Waals surface area contributed by atoms with E-state index in [-0.39, 0.29) is 29.3 Å². The molecule has 4 rings (SSSR count). The molecule has 166 valence electrons. The third kappa shape index (κ3) is 5.23. The molecule has 1 N–H and O–H groups in total. The van der Waals surface area contributed by atoms with Gasteiger partial charge in [0.15, 0.2) is 0 Å². The van der Waals surface area contributed by atoms with Gasteiger partial charge in [0.2, 0.25) is 10.0 Å². The normalized spacial score (nSPS) is 19.6. The van der Waals surface area contributed by atoms with Crippen molar-refractivity contribution in [3.63, 3.8) is 0 Å². The number of carbonyl (C=O) groups is 1. The van der Waals surface area contributed by atoms with Gasteiger partial charge in [0, 0.05) is 50.6 Å². The van der Waals surface area contributed by atoms with Crippen LogP contribution in [0.15, 0.2) is 53.4 Å². The van der Waals surface area contributed by atoms with Crippen molar-refractivity contribution < 1.29 is 22.3 Å². The molecule has 2 aliphatic heterocycles. The van der Waals surface area contributed by atoms with Crippen LogP contribution in [0.2, 0.25) is 0 Å². The predicted molar refractivity (Wildman–Crippen MR) is 115 cm³/mol. The van der Waals surface area contributed by atoms with Crippen LogP contribution in [0.4, 0.5) is 10.1 Å². The van der Waals surface area contributed by atoms with Crippen molar-refractivity contribution in [3.8, 4) is 0 Å². The Kier molecular flexibility index (Phi) is 6.54. The summed E-state index contributed by atoms with van der Waals surface area (Å²) in [6.45, 7) is 3.30. The number of amides is 1. The highest BCUT2D eigenvalue weighted by Gasteiger charge is 2.24. The first-order valence-corrected chi connectivity index (χ1v) is 11.9. The van der Waals surface area contributed by atoms with E-state index in [1.54, 1.807) is 29.2 Å². The molecule has 1 atom stereocenters. The Balaban J connectivity index is 1.33. The van der Waals surface area contributed by atoms with Gasteiger partial charge in [-0.25, -0.2) is 17.5 Å². The van der Waals surface area contributed by atoms with Crippen LogP contribution in [0.3, 0.4) is 0 Å². The van der Waals surface area contributed by atoms with Gasteiger partial charge in [-0.3, -0.25) is 4.79 Å². The highest BCUT2D eigenvalue weighted by Crippen LogP contribution is 2.19. The SMILES string of the molecule is O=C(c1ccc(S(=O)(=O)NC[C@H]2CCCO2)cc1)N1CCN(c2ccc(F)cc2)CC1. The molecular formula is C22H26FN3O4S. The maximum absolute atomic E-state index is 13.1. The lowest BCUT2D eigenvalue weighted by molar-refractivity contribution is 0.0746. The van der Waals surface area contributed by atoms with E-state index in [1.807, 2.05) is 0 Å². The fourth-order valence-corrected chi connectivity index (χ4v) is 4.94. The summed E-state index contributed by atoms with van der Waals surface area (Å²) in [6, 6.07) is 12.3. The van der Waals surface area contributed by atoms with E-state index in [1.165, 1.54) is 24.3 Å². The Morgan fingerprint density at radius 2 is 1.71 bits per heavy atom. The third-order valence-corrected chi connectivity index (χ3v) is 7.13. The van der Waals surface area contributed by atoms with E-state index >= 15 is 0 Å². The van der Waals surface area contributed by atoms with Crippen LogP contribution in [0.25, 0.3) is 0 Å². The lowest BCUT2D eigenvalue weighted by Gasteiger charge is -2.36. The second-order valence-electron chi connectivity index (χ2n) is 7.77. The Morgan fingerprint density at radius 1 is 1.03 bits per heavy atom. The average Bonchev–Trinajstić information content (AvgIpc) is 3.32. The number of hydrogen-bond donors (Lipinski definition) is 1. The zero-order valence-corrected chi connectivity index (χ0v) is 18.0. The molecule has 2 aromatic carbocycles. The van der Waals surface area contributed by atoms with Gasteiger partial charge >= 0.3 is 0 Å². The topological polar surface area (TPSA) is 78.9 Å². The predicted octanol–water partition coefficient (Wildman–Crippen LogP) is 2.25. The molecule has 0 spiro atoms. The zero-order chi connectivity index (χ0) is 21.8. The summed E-state index contributed by atoms with van der Waals surface area (Å²) in [5.41, 5.74) is 1.38. The number of sulfonamides is 1. The van der Waals surface area contributed by atoms with E-state index in [2.05, 4.69) is 9.62 Å². The highest BCUT2D eigenvalue weighted by atomic mass is 32.2. The molecule has 0 unspecified atom stereocenters. The van der Waals surface area contributed by atoms with Gasteiger partial charge in [0.25, 0.3) is 5.91 Å². The molecule has 2 aliphatic rings. The smallest absolute Gasteiger partial charge is 0.253 e. The number of hydrogen-bond acceptors (Lipinski definition) is 5. The van der Waals surface area contributed by atoms with Gasteiger partial charge in [-0.2, -0.15) is 0 Å². The average molecular weight is 448 g/mol. The maximum atomic E-state index is 13.1. The second-order valence-corrected chi connectivity index (χ2v) is 9.53. The standard InChI is InChI=1S/C22H26FN3O4S/c23-18-5-7-19(8-6-18)25-11-13-26(14-12-25)22(27)17-3-9-21(10-4-17)31(28,29)24-16-20-2-1-15-30-20/h3-10,20,24H,1-2,11-16H2/t20-/m1/s1. The van der Waals surface area contributed by atoms with Crippen LogP contribution in [-0.2, 0) is 14.8 Å². The van der Waals surface area contributed by atoms with Gasteiger partial charge in [-0.15, -0.1) is 0 Å². The number of carbonyl (C=O) groups excluding carboxylic acids is 1. The number of rotatable bonds is 6. The van der Waals surface area contributed by atoms with Crippen LogP contribution < -0.4 is 9.62 Å².